The number of aromatic nitrogens is 2. The van der Waals surface area contributed by atoms with Crippen molar-refractivity contribution in [3.8, 4) is 28.1 Å². The van der Waals surface area contributed by atoms with E-state index in [-0.39, 0.29) is 23.5 Å². The van der Waals surface area contributed by atoms with Crippen LogP contribution in [0.5, 0.6) is 5.88 Å². The van der Waals surface area contributed by atoms with E-state index in [1.54, 1.807) is 15.4 Å². The Kier molecular flexibility index (Phi) is 3.49. The first kappa shape index (κ1) is 16.0. The maximum absolute atomic E-state index is 13.0. The van der Waals surface area contributed by atoms with Crippen molar-refractivity contribution in [1.82, 2.24) is 9.36 Å². The molecular formula is C20H16Cl2N2O2. The van der Waals surface area contributed by atoms with E-state index < -0.39 is 0 Å². The van der Waals surface area contributed by atoms with Gasteiger partial charge in [-0.05, 0) is 54.7 Å². The number of nitrogens with zero attached hydrogens (tertiary/aromatic N) is 2. The van der Waals surface area contributed by atoms with E-state index in [4.69, 9.17) is 23.2 Å². The third kappa shape index (κ3) is 2.19. The smallest absolute Gasteiger partial charge is 0.278 e. The lowest BCUT2D eigenvalue weighted by molar-refractivity contribution is 0.322. The average molecular weight is 387 g/mol. The summed E-state index contributed by atoms with van der Waals surface area (Å²) in [6, 6.07) is 13.4. The Balaban J connectivity index is 1.69. The average Bonchev–Trinajstić information content (AvgIpc) is 3.31. The first-order valence-electron chi connectivity index (χ1n) is 8.66. The number of aromatic hydroxyl groups is 1. The minimum Gasteiger partial charge on any atom is -0.493 e. The van der Waals surface area contributed by atoms with Crippen molar-refractivity contribution < 1.29 is 5.11 Å². The molecule has 4 nitrogen and oxygen atoms in total. The van der Waals surface area contributed by atoms with E-state index >= 15 is 0 Å². The Morgan fingerprint density at radius 1 is 0.923 bits per heavy atom. The lowest BCUT2D eigenvalue weighted by Crippen LogP contribution is -2.24. The SMILES string of the molecule is O=c1c(-c2cc(-c3ccc(Cl)cc3)ccc2Cl)c(O)n2n1C1CCC2C1. The lowest BCUT2D eigenvalue weighted by atomic mass is 10.00. The predicted molar refractivity (Wildman–Crippen MR) is 103 cm³/mol. The van der Waals surface area contributed by atoms with Crippen LogP contribution in [0.4, 0.5) is 0 Å². The molecule has 2 heterocycles. The minimum atomic E-state index is -0.162. The molecule has 1 aliphatic heterocycles. The molecule has 0 amide bonds. The molecular weight excluding hydrogens is 371 g/mol. The van der Waals surface area contributed by atoms with E-state index in [9.17, 15) is 9.90 Å². The molecule has 1 saturated carbocycles. The molecule has 6 heteroatoms. The summed E-state index contributed by atoms with van der Waals surface area (Å²) in [6.45, 7) is 0. The van der Waals surface area contributed by atoms with Gasteiger partial charge in [0.1, 0.15) is 5.56 Å². The van der Waals surface area contributed by atoms with Crippen LogP contribution in [0.25, 0.3) is 22.3 Å². The summed E-state index contributed by atoms with van der Waals surface area (Å²) in [7, 11) is 0. The monoisotopic (exact) mass is 386 g/mol. The van der Waals surface area contributed by atoms with E-state index in [1.165, 1.54) is 0 Å². The van der Waals surface area contributed by atoms with Crippen molar-refractivity contribution in [2.24, 2.45) is 0 Å². The van der Waals surface area contributed by atoms with Crippen LogP contribution in [0.2, 0.25) is 10.0 Å². The first-order chi connectivity index (χ1) is 12.5. The predicted octanol–water partition coefficient (Wildman–Crippen LogP) is 5.28. The van der Waals surface area contributed by atoms with Crippen molar-refractivity contribution >= 4 is 23.2 Å². The van der Waals surface area contributed by atoms with Gasteiger partial charge in [-0.3, -0.25) is 4.79 Å². The van der Waals surface area contributed by atoms with Crippen molar-refractivity contribution in [1.29, 1.82) is 0 Å². The minimum absolute atomic E-state index is 0.0253. The fraction of sp³-hybridized carbons (Fsp3) is 0.250. The Bertz CT molecular complexity index is 1080. The van der Waals surface area contributed by atoms with Gasteiger partial charge in [-0.15, -0.1) is 0 Å². The number of rotatable bonds is 2. The molecule has 1 fully saturated rings. The third-order valence-electron chi connectivity index (χ3n) is 5.58. The van der Waals surface area contributed by atoms with Gasteiger partial charge in [0, 0.05) is 15.6 Å². The second-order valence-electron chi connectivity index (χ2n) is 7.02. The highest BCUT2D eigenvalue weighted by Gasteiger charge is 2.41. The fourth-order valence-corrected chi connectivity index (χ4v) is 4.71. The van der Waals surface area contributed by atoms with Gasteiger partial charge in [-0.1, -0.05) is 41.4 Å². The van der Waals surface area contributed by atoms with Gasteiger partial charge < -0.3 is 5.11 Å². The number of halogens is 2. The zero-order chi connectivity index (χ0) is 18.0. The molecule has 5 rings (SSSR count). The van der Waals surface area contributed by atoms with E-state index in [0.717, 1.165) is 30.4 Å². The topological polar surface area (TPSA) is 47.2 Å². The van der Waals surface area contributed by atoms with Crippen molar-refractivity contribution in [3.63, 3.8) is 0 Å². The first-order valence-corrected chi connectivity index (χ1v) is 9.42. The molecule has 0 spiro atoms. The number of benzene rings is 2. The summed E-state index contributed by atoms with van der Waals surface area (Å²) >= 11 is 12.4. The van der Waals surface area contributed by atoms with Gasteiger partial charge in [0.25, 0.3) is 5.56 Å². The maximum Gasteiger partial charge on any atom is 0.278 e. The standard InChI is InChI=1S/C20H16Cl2N2O2/c21-13-4-1-11(2-5-13)12-3-8-17(22)16(9-12)18-19(25)23-14-6-7-15(10-14)24(23)20(18)26/h1-5,8-9,14-15,25H,6-7,10H2. The molecule has 2 bridgehead atoms. The quantitative estimate of drug-likeness (QED) is 0.651. The van der Waals surface area contributed by atoms with Crippen LogP contribution in [-0.2, 0) is 0 Å². The van der Waals surface area contributed by atoms with Crippen LogP contribution in [0.15, 0.2) is 47.3 Å². The van der Waals surface area contributed by atoms with Gasteiger partial charge >= 0.3 is 0 Å². The van der Waals surface area contributed by atoms with Gasteiger partial charge in [-0.25, -0.2) is 9.36 Å². The molecule has 132 valence electrons. The van der Waals surface area contributed by atoms with E-state index in [2.05, 4.69) is 0 Å². The number of hydrogen-bond donors (Lipinski definition) is 1. The molecule has 0 saturated heterocycles. The molecule has 0 radical (unpaired) electrons. The summed E-state index contributed by atoms with van der Waals surface area (Å²) in [5.41, 5.74) is 2.58. The van der Waals surface area contributed by atoms with Crippen LogP contribution in [-0.4, -0.2) is 14.5 Å². The normalized spacial score (nSPS) is 20.5. The molecule has 1 aromatic heterocycles. The molecule has 2 aliphatic rings. The van der Waals surface area contributed by atoms with Crippen molar-refractivity contribution in [3.05, 3.63) is 62.9 Å². The summed E-state index contributed by atoms with van der Waals surface area (Å²) in [6.07, 6.45) is 2.93. The lowest BCUT2D eigenvalue weighted by Gasteiger charge is -2.16. The molecule has 26 heavy (non-hydrogen) atoms. The van der Waals surface area contributed by atoms with E-state index in [0.29, 0.717) is 21.2 Å². The number of hydrogen-bond acceptors (Lipinski definition) is 2. The zero-order valence-electron chi connectivity index (χ0n) is 13.8. The summed E-state index contributed by atoms with van der Waals surface area (Å²) in [5.74, 6) is 0.0253. The Hall–Kier alpha value is -2.17. The van der Waals surface area contributed by atoms with Crippen LogP contribution in [0.3, 0.4) is 0 Å². The number of fused-ring (bicyclic) bond motifs is 5. The highest BCUT2D eigenvalue weighted by Crippen LogP contribution is 2.48. The van der Waals surface area contributed by atoms with Gasteiger partial charge in [0.05, 0.1) is 12.1 Å². The molecule has 1 aliphatic carbocycles. The van der Waals surface area contributed by atoms with Crippen LogP contribution >= 0.6 is 23.2 Å². The molecule has 2 unspecified atom stereocenters. The highest BCUT2D eigenvalue weighted by atomic mass is 35.5. The van der Waals surface area contributed by atoms with Gasteiger partial charge in [0.15, 0.2) is 0 Å². The Labute approximate surface area is 160 Å². The Morgan fingerprint density at radius 2 is 1.58 bits per heavy atom. The van der Waals surface area contributed by atoms with Gasteiger partial charge in [-0.2, -0.15) is 0 Å². The van der Waals surface area contributed by atoms with Crippen LogP contribution in [0.1, 0.15) is 31.3 Å². The molecule has 1 N–H and O–H groups in total. The van der Waals surface area contributed by atoms with Gasteiger partial charge in [0.2, 0.25) is 5.88 Å². The molecule has 3 aromatic rings. The summed E-state index contributed by atoms with van der Waals surface area (Å²) < 4.78 is 3.47. The highest BCUT2D eigenvalue weighted by molar-refractivity contribution is 6.33. The Morgan fingerprint density at radius 3 is 2.27 bits per heavy atom. The second kappa shape index (κ2) is 5.66. The third-order valence-corrected chi connectivity index (χ3v) is 6.16. The van der Waals surface area contributed by atoms with Crippen molar-refractivity contribution in [2.75, 3.05) is 0 Å². The second-order valence-corrected chi connectivity index (χ2v) is 7.86. The van der Waals surface area contributed by atoms with Crippen molar-refractivity contribution in [2.45, 2.75) is 31.3 Å². The fourth-order valence-electron chi connectivity index (χ4n) is 4.37. The summed E-state index contributed by atoms with van der Waals surface area (Å²) in [4.78, 5) is 13.0. The summed E-state index contributed by atoms with van der Waals surface area (Å²) in [5, 5.41) is 11.9. The largest absolute Gasteiger partial charge is 0.493 e. The van der Waals surface area contributed by atoms with Crippen LogP contribution < -0.4 is 5.56 Å². The molecule has 2 aromatic carbocycles. The van der Waals surface area contributed by atoms with Crippen LogP contribution in [0, 0.1) is 0 Å². The van der Waals surface area contributed by atoms with E-state index in [1.807, 2.05) is 36.4 Å². The molecule has 2 atom stereocenters. The maximum atomic E-state index is 13.0. The zero-order valence-corrected chi connectivity index (χ0v) is 15.3.